The van der Waals surface area contributed by atoms with Crippen LogP contribution >= 0.6 is 0 Å². The first-order valence-electron chi connectivity index (χ1n) is 18.8. The second kappa shape index (κ2) is 13.8. The van der Waals surface area contributed by atoms with Crippen LogP contribution in [-0.4, -0.2) is 90.6 Å². The molecule has 4 heterocycles. The van der Waals surface area contributed by atoms with Crippen LogP contribution in [0.15, 0.2) is 39.9 Å². The van der Waals surface area contributed by atoms with Crippen molar-refractivity contribution in [2.24, 2.45) is 5.92 Å². The first-order valence-corrected chi connectivity index (χ1v) is 20.3. The lowest BCUT2D eigenvalue weighted by Crippen LogP contribution is -2.58. The molecule has 0 unspecified atom stereocenters. The standard InChI is InChI=1S/C37H43FN6O9S/c38-26-10-6-8-21-18-43(20-25(21)26)36(50)53-23-16-28-33(47)40-37(35(49)41-54(51,52)24-12-13-24)17-22(37)9-4-2-1-3-5-11-27(34(48)44(28)19-23)39-29-30(32(46)31(29)45)42-14-7-15-42/h4,6,8-10,22-24,27-28,39H,1-3,5,7,11-20H2,(H,40,47)(H,41,49)/t22-,23-,27+,28+,37-/m1/s1. The minimum atomic E-state index is -3.94. The monoisotopic (exact) mass is 766 g/mol. The highest BCUT2D eigenvalue weighted by Crippen LogP contribution is 2.46. The van der Waals surface area contributed by atoms with Gasteiger partial charge in [0.25, 0.3) is 16.8 Å². The minimum absolute atomic E-state index is 0.0103. The van der Waals surface area contributed by atoms with Gasteiger partial charge in [-0.2, -0.15) is 0 Å². The summed E-state index contributed by atoms with van der Waals surface area (Å²) in [5.41, 5.74) is -1.56. The molecule has 54 heavy (non-hydrogen) atoms. The zero-order valence-corrected chi connectivity index (χ0v) is 30.5. The normalized spacial score (nSPS) is 28.6. The molecule has 2 aromatic carbocycles. The Bertz CT molecular complexity index is 2110. The second-order valence-corrected chi connectivity index (χ2v) is 17.4. The van der Waals surface area contributed by atoms with E-state index >= 15 is 0 Å². The van der Waals surface area contributed by atoms with E-state index in [1.165, 1.54) is 15.9 Å². The smallest absolute Gasteiger partial charge is 0.410 e. The van der Waals surface area contributed by atoms with Gasteiger partial charge in [-0.1, -0.05) is 37.1 Å². The number of hydrogen-bond donors (Lipinski definition) is 3. The van der Waals surface area contributed by atoms with Crippen LogP contribution in [0.5, 0.6) is 0 Å². The Labute approximate surface area is 311 Å². The first-order chi connectivity index (χ1) is 25.9. The molecule has 2 aliphatic carbocycles. The molecule has 8 rings (SSSR count). The zero-order valence-electron chi connectivity index (χ0n) is 29.7. The molecule has 4 amide bonds. The molecule has 288 valence electrons. The van der Waals surface area contributed by atoms with Gasteiger partial charge in [-0.3, -0.25) is 33.6 Å². The van der Waals surface area contributed by atoms with E-state index in [0.29, 0.717) is 49.9 Å². The Kier molecular flexibility index (Phi) is 9.25. The van der Waals surface area contributed by atoms with E-state index in [9.17, 15) is 41.6 Å². The molecule has 0 radical (unpaired) electrons. The maximum absolute atomic E-state index is 14.6. The maximum atomic E-state index is 14.6. The quantitative estimate of drug-likeness (QED) is 0.274. The van der Waals surface area contributed by atoms with E-state index in [0.717, 1.165) is 19.3 Å². The van der Waals surface area contributed by atoms with Gasteiger partial charge in [0.1, 0.15) is 40.9 Å². The third kappa shape index (κ3) is 6.64. The molecule has 4 fully saturated rings. The fraction of sp³-hybridized carbons (Fsp3) is 0.568. The third-order valence-corrected chi connectivity index (χ3v) is 13.5. The lowest BCUT2D eigenvalue weighted by molar-refractivity contribution is -0.140. The molecule has 0 aromatic heterocycles. The van der Waals surface area contributed by atoms with Gasteiger partial charge in [0, 0.05) is 37.5 Å². The number of carbonyl (C=O) groups excluding carboxylic acids is 4. The van der Waals surface area contributed by atoms with E-state index in [1.54, 1.807) is 17.0 Å². The summed E-state index contributed by atoms with van der Waals surface area (Å²) in [6.07, 6.45) is 6.74. The molecule has 15 nitrogen and oxygen atoms in total. The molecule has 17 heteroatoms. The summed E-state index contributed by atoms with van der Waals surface area (Å²) in [5, 5.41) is 5.18. The molecule has 2 aromatic rings. The molecule has 4 aliphatic heterocycles. The lowest BCUT2D eigenvalue weighted by atomic mass is 10.0. The van der Waals surface area contributed by atoms with Crippen molar-refractivity contribution in [1.29, 1.82) is 0 Å². The molecule has 0 spiro atoms. The molecule has 0 bridgehead atoms. The van der Waals surface area contributed by atoms with Gasteiger partial charge in [0.2, 0.25) is 21.8 Å². The van der Waals surface area contributed by atoms with E-state index in [-0.39, 0.29) is 50.3 Å². The van der Waals surface area contributed by atoms with Crippen LogP contribution < -0.4 is 31.1 Å². The largest absolute Gasteiger partial charge is 0.444 e. The average molecular weight is 767 g/mol. The van der Waals surface area contributed by atoms with Crippen LogP contribution in [0.25, 0.3) is 0 Å². The van der Waals surface area contributed by atoms with Crippen molar-refractivity contribution in [3.05, 3.63) is 67.7 Å². The number of amides is 4. The Morgan fingerprint density at radius 2 is 1.78 bits per heavy atom. The van der Waals surface area contributed by atoms with Gasteiger partial charge >= 0.3 is 6.09 Å². The number of halogens is 1. The number of nitrogens with one attached hydrogen (secondary N) is 3. The number of sulfonamides is 1. The Morgan fingerprint density at radius 1 is 0.981 bits per heavy atom. The lowest BCUT2D eigenvalue weighted by Gasteiger charge is -2.36. The van der Waals surface area contributed by atoms with Gasteiger partial charge < -0.3 is 25.2 Å². The minimum Gasteiger partial charge on any atom is -0.444 e. The van der Waals surface area contributed by atoms with E-state index in [2.05, 4.69) is 15.4 Å². The number of anilines is 2. The van der Waals surface area contributed by atoms with Crippen molar-refractivity contribution < 1.29 is 36.7 Å². The summed E-state index contributed by atoms with van der Waals surface area (Å²) in [4.78, 5) is 85.7. The van der Waals surface area contributed by atoms with E-state index in [1.807, 2.05) is 12.2 Å². The number of fused-ring (bicyclic) bond motifs is 3. The number of hydrogen-bond acceptors (Lipinski definition) is 11. The molecule has 3 N–H and O–H groups in total. The van der Waals surface area contributed by atoms with Crippen LogP contribution in [0, 0.1) is 11.7 Å². The highest BCUT2D eigenvalue weighted by atomic mass is 32.2. The molecule has 2 saturated heterocycles. The molecular weight excluding hydrogens is 724 g/mol. The molecule has 5 atom stereocenters. The molecular formula is C37H43FN6O9S. The van der Waals surface area contributed by atoms with Gasteiger partial charge in [-0.25, -0.2) is 17.6 Å². The van der Waals surface area contributed by atoms with Crippen molar-refractivity contribution in [3.8, 4) is 0 Å². The van der Waals surface area contributed by atoms with Crippen molar-refractivity contribution in [2.45, 2.75) is 106 Å². The fourth-order valence-corrected chi connectivity index (χ4v) is 9.47. The highest BCUT2D eigenvalue weighted by Gasteiger charge is 2.62. The summed E-state index contributed by atoms with van der Waals surface area (Å²) in [6.45, 7) is 1.14. The Balaban J connectivity index is 1.07. The van der Waals surface area contributed by atoms with Gasteiger partial charge in [0.15, 0.2) is 0 Å². The van der Waals surface area contributed by atoms with E-state index in [4.69, 9.17) is 4.74 Å². The summed E-state index contributed by atoms with van der Waals surface area (Å²) in [5.74, 6) is -3.05. The van der Waals surface area contributed by atoms with Gasteiger partial charge in [-0.05, 0) is 56.6 Å². The summed E-state index contributed by atoms with van der Waals surface area (Å²) >= 11 is 0. The molecule has 2 saturated carbocycles. The summed E-state index contributed by atoms with van der Waals surface area (Å²) in [6, 6.07) is 2.35. The van der Waals surface area contributed by atoms with Crippen molar-refractivity contribution in [2.75, 3.05) is 29.9 Å². The predicted octanol–water partition coefficient (Wildman–Crippen LogP) is 1.54. The van der Waals surface area contributed by atoms with Crippen LogP contribution in [-0.2, 0) is 42.2 Å². The Hall–Kier alpha value is -4.80. The van der Waals surface area contributed by atoms with Crippen LogP contribution in [0.1, 0.15) is 75.3 Å². The highest BCUT2D eigenvalue weighted by molar-refractivity contribution is 7.91. The van der Waals surface area contributed by atoms with Crippen molar-refractivity contribution >= 4 is 45.2 Å². The summed E-state index contributed by atoms with van der Waals surface area (Å²) < 4.78 is 48.1. The number of ether oxygens (including phenoxy) is 1. The van der Waals surface area contributed by atoms with Gasteiger partial charge in [-0.15, -0.1) is 0 Å². The van der Waals surface area contributed by atoms with E-state index < -0.39 is 85.4 Å². The van der Waals surface area contributed by atoms with Crippen LogP contribution in [0.2, 0.25) is 0 Å². The maximum Gasteiger partial charge on any atom is 0.410 e. The number of allylic oxidation sites excluding steroid dienone is 1. The van der Waals surface area contributed by atoms with Gasteiger partial charge in [0.05, 0.1) is 18.3 Å². The number of nitrogens with zero attached hydrogens (tertiary/aromatic N) is 3. The second-order valence-electron chi connectivity index (χ2n) is 15.4. The van der Waals surface area contributed by atoms with Crippen molar-refractivity contribution in [3.63, 3.8) is 0 Å². The average Bonchev–Trinajstić information content (AvgIpc) is 4.00. The fourth-order valence-electron chi connectivity index (χ4n) is 8.10. The van der Waals surface area contributed by atoms with Crippen molar-refractivity contribution in [1.82, 2.24) is 19.8 Å². The first kappa shape index (κ1) is 36.2. The molecule has 6 aliphatic rings. The van der Waals surface area contributed by atoms with Crippen LogP contribution in [0.4, 0.5) is 20.6 Å². The third-order valence-electron chi connectivity index (χ3n) is 11.7. The summed E-state index contributed by atoms with van der Waals surface area (Å²) in [7, 11) is -3.94. The Morgan fingerprint density at radius 3 is 2.50 bits per heavy atom. The number of rotatable bonds is 7. The zero-order chi connectivity index (χ0) is 37.9. The number of benzene rings is 1. The SMILES string of the molecule is O=C1N[C@]2(C(=O)NS(=O)(=O)C3CC3)C[C@H]2C=CCCCCC[C@H](Nc2c(N3CCC3)c(=O)c2=O)C(=O)N2C[C@H](OC(=O)N3Cc4cccc(F)c4C3)C[C@@H]12. The topological polar surface area (TPSA) is 192 Å². The predicted molar refractivity (Wildman–Crippen MR) is 193 cm³/mol. The van der Waals surface area contributed by atoms with Crippen LogP contribution in [0.3, 0.4) is 0 Å². The number of carbonyl (C=O) groups is 4.